The van der Waals surface area contributed by atoms with Crippen LogP contribution in [0.15, 0.2) is 43.0 Å². The summed E-state index contributed by atoms with van der Waals surface area (Å²) in [6.45, 7) is 5.58. The lowest BCUT2D eigenvalue weighted by Crippen LogP contribution is -2.35. The molecule has 0 fully saturated rings. The molecule has 3 heteroatoms. The predicted octanol–water partition coefficient (Wildman–Crippen LogP) is 2.59. The molecule has 0 N–H and O–H groups in total. The molecule has 0 amide bonds. The number of nitrogens with zero attached hydrogens (tertiary/aromatic N) is 1. The normalized spacial score (nSPS) is 13.2. The van der Waals surface area contributed by atoms with Gasteiger partial charge in [0.15, 0.2) is 5.41 Å². The van der Waals surface area contributed by atoms with Crippen molar-refractivity contribution in [2.24, 2.45) is 0 Å². The van der Waals surface area contributed by atoms with Crippen molar-refractivity contribution >= 4 is 5.97 Å². The van der Waals surface area contributed by atoms with E-state index in [9.17, 15) is 10.1 Å². The molecule has 3 nitrogen and oxygen atoms in total. The number of hydrogen-bond donors (Lipinski definition) is 0. The minimum atomic E-state index is -1.28. The molecule has 0 spiro atoms. The molecule has 0 bridgehead atoms. The number of carbonyl (C=O) groups is 1. The van der Waals surface area contributed by atoms with Crippen LogP contribution in [-0.4, -0.2) is 12.6 Å². The molecule has 0 saturated carbocycles. The first kappa shape index (κ1) is 13.0. The van der Waals surface area contributed by atoms with E-state index in [0.29, 0.717) is 5.56 Å². The third-order valence-corrected chi connectivity index (χ3v) is 2.53. The van der Waals surface area contributed by atoms with Crippen molar-refractivity contribution in [3.05, 3.63) is 48.6 Å². The van der Waals surface area contributed by atoms with Gasteiger partial charge in [0.1, 0.15) is 0 Å². The highest BCUT2D eigenvalue weighted by Crippen LogP contribution is 2.29. The van der Waals surface area contributed by atoms with Crippen molar-refractivity contribution in [1.29, 1.82) is 5.26 Å². The summed E-state index contributed by atoms with van der Waals surface area (Å²) < 4.78 is 5.00. The maximum Gasteiger partial charge on any atom is 0.331 e. The number of ether oxygens (including phenoxy) is 1. The monoisotopic (exact) mass is 229 g/mol. The molecular formula is C14H15NO2. The van der Waals surface area contributed by atoms with Crippen molar-refractivity contribution in [2.75, 3.05) is 6.61 Å². The summed E-state index contributed by atoms with van der Waals surface area (Å²) in [5.41, 5.74) is -0.639. The second-order valence-corrected chi connectivity index (χ2v) is 3.60. The second kappa shape index (κ2) is 5.86. The quantitative estimate of drug-likeness (QED) is 0.576. The fourth-order valence-corrected chi connectivity index (χ4v) is 1.67. The Balaban J connectivity index is 3.23. The van der Waals surface area contributed by atoms with Gasteiger partial charge in [-0.25, -0.2) is 4.79 Å². The van der Waals surface area contributed by atoms with Gasteiger partial charge < -0.3 is 4.74 Å². The van der Waals surface area contributed by atoms with Crippen LogP contribution in [0.1, 0.15) is 18.9 Å². The van der Waals surface area contributed by atoms with Crippen LogP contribution in [0.2, 0.25) is 0 Å². The number of esters is 1. The Morgan fingerprint density at radius 2 is 2.18 bits per heavy atom. The van der Waals surface area contributed by atoms with Crippen LogP contribution >= 0.6 is 0 Å². The summed E-state index contributed by atoms with van der Waals surface area (Å²) in [6, 6.07) is 11.0. The van der Waals surface area contributed by atoms with E-state index >= 15 is 0 Å². The first-order chi connectivity index (χ1) is 8.21. The summed E-state index contributed by atoms with van der Waals surface area (Å²) in [5.74, 6) is -0.520. The molecule has 0 aliphatic rings. The van der Waals surface area contributed by atoms with Gasteiger partial charge in [-0.15, -0.1) is 6.58 Å². The number of nitriles is 1. The minimum Gasteiger partial charge on any atom is -0.465 e. The molecule has 1 rings (SSSR count). The molecule has 1 aromatic carbocycles. The van der Waals surface area contributed by atoms with Gasteiger partial charge in [0.25, 0.3) is 0 Å². The summed E-state index contributed by atoms with van der Waals surface area (Å²) in [5, 5.41) is 9.36. The molecule has 0 aliphatic carbocycles. The molecule has 0 radical (unpaired) electrons. The highest BCUT2D eigenvalue weighted by molar-refractivity contribution is 5.87. The van der Waals surface area contributed by atoms with Crippen molar-refractivity contribution in [3.8, 4) is 6.07 Å². The third-order valence-electron chi connectivity index (χ3n) is 2.53. The molecule has 0 aromatic heterocycles. The Hall–Kier alpha value is -2.08. The van der Waals surface area contributed by atoms with Gasteiger partial charge in [0.05, 0.1) is 12.7 Å². The van der Waals surface area contributed by atoms with Gasteiger partial charge in [0.2, 0.25) is 0 Å². The maximum atomic E-state index is 12.0. The predicted molar refractivity (Wildman–Crippen MR) is 65.2 cm³/mol. The van der Waals surface area contributed by atoms with E-state index in [-0.39, 0.29) is 13.0 Å². The largest absolute Gasteiger partial charge is 0.465 e. The van der Waals surface area contributed by atoms with Gasteiger partial charge in [-0.1, -0.05) is 36.4 Å². The molecule has 0 saturated heterocycles. The minimum absolute atomic E-state index is 0.242. The first-order valence-electron chi connectivity index (χ1n) is 5.46. The van der Waals surface area contributed by atoms with E-state index in [2.05, 4.69) is 12.6 Å². The van der Waals surface area contributed by atoms with Crippen LogP contribution in [0.5, 0.6) is 0 Å². The Kier molecular flexibility index (Phi) is 4.47. The highest BCUT2D eigenvalue weighted by Gasteiger charge is 2.41. The van der Waals surface area contributed by atoms with Crippen molar-refractivity contribution in [2.45, 2.75) is 18.8 Å². The summed E-state index contributed by atoms with van der Waals surface area (Å²) in [6.07, 6.45) is 1.81. The lowest BCUT2D eigenvalue weighted by molar-refractivity contribution is -0.147. The average molecular weight is 229 g/mol. The third kappa shape index (κ3) is 2.54. The fourth-order valence-electron chi connectivity index (χ4n) is 1.67. The van der Waals surface area contributed by atoms with Crippen molar-refractivity contribution < 1.29 is 9.53 Å². The van der Waals surface area contributed by atoms with Crippen LogP contribution in [0.4, 0.5) is 0 Å². The standard InChI is InChI=1S/C14H15NO2/c1-3-10-14(11-15,13(16)17-4-2)12-8-6-5-7-9-12/h3,5-9H,1,4,10H2,2H3. The van der Waals surface area contributed by atoms with Gasteiger partial charge in [-0.05, 0) is 18.9 Å². The molecule has 0 heterocycles. The van der Waals surface area contributed by atoms with Crippen LogP contribution < -0.4 is 0 Å². The summed E-state index contributed by atoms with van der Waals surface area (Å²) in [7, 11) is 0. The van der Waals surface area contributed by atoms with E-state index < -0.39 is 11.4 Å². The van der Waals surface area contributed by atoms with Crippen LogP contribution in [-0.2, 0) is 14.9 Å². The topological polar surface area (TPSA) is 50.1 Å². The van der Waals surface area contributed by atoms with Crippen molar-refractivity contribution in [3.63, 3.8) is 0 Å². The fraction of sp³-hybridized carbons (Fsp3) is 0.286. The second-order valence-electron chi connectivity index (χ2n) is 3.60. The SMILES string of the molecule is C=CCC(C#N)(C(=O)OCC)c1ccccc1. The van der Waals surface area contributed by atoms with Gasteiger partial charge in [0, 0.05) is 0 Å². The zero-order valence-corrected chi connectivity index (χ0v) is 9.85. The summed E-state index contributed by atoms with van der Waals surface area (Å²) in [4.78, 5) is 12.0. The molecule has 1 aromatic rings. The maximum absolute atomic E-state index is 12.0. The number of carbonyl (C=O) groups excluding carboxylic acids is 1. The van der Waals surface area contributed by atoms with E-state index in [4.69, 9.17) is 4.74 Å². The highest BCUT2D eigenvalue weighted by atomic mass is 16.5. The van der Waals surface area contributed by atoms with Crippen LogP contribution in [0.25, 0.3) is 0 Å². The van der Waals surface area contributed by atoms with Crippen molar-refractivity contribution in [1.82, 2.24) is 0 Å². The number of hydrogen-bond acceptors (Lipinski definition) is 3. The lowest BCUT2D eigenvalue weighted by Gasteiger charge is -2.23. The Labute approximate surface area is 101 Å². The average Bonchev–Trinajstić information content (AvgIpc) is 2.37. The Morgan fingerprint density at radius 3 is 2.65 bits per heavy atom. The van der Waals surface area contributed by atoms with Gasteiger partial charge in [-0.2, -0.15) is 5.26 Å². The Bertz CT molecular complexity index is 433. The molecular weight excluding hydrogens is 214 g/mol. The molecule has 1 unspecified atom stereocenters. The van der Waals surface area contributed by atoms with Gasteiger partial charge >= 0.3 is 5.97 Å². The zero-order valence-electron chi connectivity index (χ0n) is 9.85. The lowest BCUT2D eigenvalue weighted by atomic mass is 9.79. The molecule has 17 heavy (non-hydrogen) atoms. The van der Waals surface area contributed by atoms with Crippen LogP contribution in [0.3, 0.4) is 0 Å². The van der Waals surface area contributed by atoms with Gasteiger partial charge in [-0.3, -0.25) is 0 Å². The summed E-state index contributed by atoms with van der Waals surface area (Å²) >= 11 is 0. The molecule has 0 aliphatic heterocycles. The van der Waals surface area contributed by atoms with Crippen LogP contribution in [0, 0.1) is 11.3 Å². The van der Waals surface area contributed by atoms with E-state index in [0.717, 1.165) is 0 Å². The van der Waals surface area contributed by atoms with E-state index in [1.165, 1.54) is 0 Å². The number of allylic oxidation sites excluding steroid dienone is 1. The zero-order chi connectivity index (χ0) is 12.7. The molecule has 88 valence electrons. The Morgan fingerprint density at radius 1 is 1.53 bits per heavy atom. The number of rotatable bonds is 5. The smallest absolute Gasteiger partial charge is 0.331 e. The first-order valence-corrected chi connectivity index (χ1v) is 5.46. The van der Waals surface area contributed by atoms with E-state index in [1.54, 1.807) is 37.3 Å². The number of benzene rings is 1. The molecule has 1 atom stereocenters. The van der Waals surface area contributed by atoms with E-state index in [1.807, 2.05) is 6.07 Å².